The van der Waals surface area contributed by atoms with Gasteiger partial charge in [-0.3, -0.25) is 0 Å². The molecule has 1 aliphatic rings. The summed E-state index contributed by atoms with van der Waals surface area (Å²) >= 11 is 0. The van der Waals surface area contributed by atoms with Crippen LogP contribution in [0.1, 0.15) is 24.9 Å². The zero-order valence-corrected chi connectivity index (χ0v) is 10.6. The van der Waals surface area contributed by atoms with E-state index in [2.05, 4.69) is 4.98 Å². The molecule has 0 bridgehead atoms. The van der Waals surface area contributed by atoms with Gasteiger partial charge in [-0.2, -0.15) is 13.2 Å². The number of pyridine rings is 1. The molecule has 0 amide bonds. The lowest BCUT2D eigenvalue weighted by atomic mass is 10.1. The Labute approximate surface area is 109 Å². The molecule has 0 radical (unpaired) electrons. The van der Waals surface area contributed by atoms with Crippen LogP contribution in [-0.2, 0) is 0 Å². The van der Waals surface area contributed by atoms with E-state index in [4.69, 9.17) is 5.73 Å². The van der Waals surface area contributed by atoms with E-state index in [1.807, 2.05) is 17.9 Å². The maximum atomic E-state index is 12.6. The summed E-state index contributed by atoms with van der Waals surface area (Å²) in [6.45, 7) is 2.36. The first kappa shape index (κ1) is 13.9. The second kappa shape index (κ2) is 5.21. The van der Waals surface area contributed by atoms with Crippen molar-refractivity contribution in [2.75, 3.05) is 18.0 Å². The number of nitrogens with zero attached hydrogens (tertiary/aromatic N) is 2. The Balaban J connectivity index is 2.21. The Morgan fingerprint density at radius 2 is 2.16 bits per heavy atom. The fourth-order valence-electron chi connectivity index (χ4n) is 2.15. The maximum absolute atomic E-state index is 12.6. The molecule has 2 N–H and O–H groups in total. The minimum atomic E-state index is -4.22. The fourth-order valence-corrected chi connectivity index (χ4v) is 2.15. The van der Waals surface area contributed by atoms with Crippen LogP contribution in [0, 0.1) is 0 Å². The van der Waals surface area contributed by atoms with Crippen molar-refractivity contribution < 1.29 is 13.2 Å². The highest BCUT2D eigenvalue weighted by molar-refractivity contribution is 5.50. The Kier molecular flexibility index (Phi) is 3.80. The van der Waals surface area contributed by atoms with Crippen molar-refractivity contribution in [3.05, 3.63) is 35.5 Å². The van der Waals surface area contributed by atoms with E-state index in [9.17, 15) is 13.2 Å². The molecule has 1 atom stereocenters. The molecule has 2 heterocycles. The first-order chi connectivity index (χ1) is 8.89. The van der Waals surface area contributed by atoms with E-state index in [0.29, 0.717) is 12.4 Å². The zero-order chi connectivity index (χ0) is 14.0. The predicted molar refractivity (Wildman–Crippen MR) is 67.8 cm³/mol. The van der Waals surface area contributed by atoms with Crippen molar-refractivity contribution >= 4 is 5.82 Å². The lowest BCUT2D eigenvalue weighted by molar-refractivity contribution is -0.0944. The van der Waals surface area contributed by atoms with Gasteiger partial charge < -0.3 is 10.6 Å². The number of anilines is 1. The summed E-state index contributed by atoms with van der Waals surface area (Å²) in [7, 11) is 0. The minimum Gasteiger partial charge on any atom is -0.352 e. The molecule has 3 nitrogen and oxygen atoms in total. The average Bonchev–Trinajstić information content (AvgIpc) is 2.38. The summed E-state index contributed by atoms with van der Waals surface area (Å²) in [6, 6.07) is 3.44. The van der Waals surface area contributed by atoms with Gasteiger partial charge in [-0.25, -0.2) is 4.98 Å². The van der Waals surface area contributed by atoms with Gasteiger partial charge in [0.25, 0.3) is 0 Å². The summed E-state index contributed by atoms with van der Waals surface area (Å²) in [5.74, 6) is 0.676. The molecule has 0 spiro atoms. The zero-order valence-electron chi connectivity index (χ0n) is 10.6. The largest absolute Gasteiger partial charge is 0.412 e. The van der Waals surface area contributed by atoms with Crippen molar-refractivity contribution in [3.63, 3.8) is 0 Å². The smallest absolute Gasteiger partial charge is 0.352 e. The first-order valence-corrected chi connectivity index (χ1v) is 6.11. The Bertz CT molecular complexity index is 480. The molecule has 104 valence electrons. The number of nitrogens with two attached hydrogens (primary N) is 1. The number of rotatable bonds is 2. The summed E-state index contributed by atoms with van der Waals surface area (Å²) in [5, 5.41) is 0. The number of aromatic nitrogens is 1. The highest BCUT2D eigenvalue weighted by Gasteiger charge is 2.35. The predicted octanol–water partition coefficient (Wildman–Crippen LogP) is 2.80. The average molecular weight is 271 g/mol. The van der Waals surface area contributed by atoms with Crippen LogP contribution in [0.3, 0.4) is 0 Å². The van der Waals surface area contributed by atoms with Gasteiger partial charge in [-0.05, 0) is 19.4 Å². The molecule has 0 unspecified atom stereocenters. The molecule has 6 heteroatoms. The third-order valence-corrected chi connectivity index (χ3v) is 3.18. The molecule has 0 aromatic carbocycles. The lowest BCUT2D eigenvalue weighted by Crippen LogP contribution is -2.33. The SMILES string of the molecule is C[C@@H](N)c1cccnc1N1CC=C(C(F)(F)F)CC1. The fraction of sp³-hybridized carbons (Fsp3) is 0.462. The van der Waals surface area contributed by atoms with Crippen molar-refractivity contribution in [1.29, 1.82) is 0 Å². The van der Waals surface area contributed by atoms with E-state index in [-0.39, 0.29) is 19.0 Å². The third kappa shape index (κ3) is 3.07. The summed E-state index contributed by atoms with van der Waals surface area (Å²) in [5.41, 5.74) is 6.25. The van der Waals surface area contributed by atoms with Crippen LogP contribution >= 0.6 is 0 Å². The number of halogens is 3. The molecule has 0 fully saturated rings. The van der Waals surface area contributed by atoms with Crippen molar-refractivity contribution in [1.82, 2.24) is 4.98 Å². The molecule has 1 aromatic heterocycles. The first-order valence-electron chi connectivity index (χ1n) is 6.11. The van der Waals surface area contributed by atoms with E-state index >= 15 is 0 Å². The van der Waals surface area contributed by atoms with Gasteiger partial charge in [-0.15, -0.1) is 0 Å². The van der Waals surface area contributed by atoms with Gasteiger partial charge in [-0.1, -0.05) is 12.1 Å². The van der Waals surface area contributed by atoms with Crippen molar-refractivity contribution in [2.45, 2.75) is 25.6 Å². The van der Waals surface area contributed by atoms with E-state index in [0.717, 1.165) is 5.56 Å². The highest BCUT2D eigenvalue weighted by Crippen LogP contribution is 2.32. The van der Waals surface area contributed by atoms with E-state index in [1.165, 1.54) is 6.08 Å². The molecule has 1 aromatic rings. The molecule has 2 rings (SSSR count). The quantitative estimate of drug-likeness (QED) is 0.841. The molecular formula is C13H16F3N3. The standard InChI is InChI=1S/C13H16F3N3/c1-9(17)11-3-2-6-18-12(11)19-7-4-10(5-8-19)13(14,15)16/h2-4,6,9H,5,7-8,17H2,1H3/t9-/m1/s1. The summed E-state index contributed by atoms with van der Waals surface area (Å²) in [4.78, 5) is 6.07. The van der Waals surface area contributed by atoms with Gasteiger partial charge >= 0.3 is 6.18 Å². The van der Waals surface area contributed by atoms with Gasteiger partial charge in [0.05, 0.1) is 0 Å². The van der Waals surface area contributed by atoms with Crippen LogP contribution in [0.25, 0.3) is 0 Å². The van der Waals surface area contributed by atoms with Crippen LogP contribution in [0.5, 0.6) is 0 Å². The lowest BCUT2D eigenvalue weighted by Gasteiger charge is -2.30. The molecule has 19 heavy (non-hydrogen) atoms. The second-order valence-corrected chi connectivity index (χ2v) is 4.63. The molecule has 1 aliphatic heterocycles. The van der Waals surface area contributed by atoms with Crippen LogP contribution in [0.15, 0.2) is 30.0 Å². The van der Waals surface area contributed by atoms with Gasteiger partial charge in [0, 0.05) is 36.5 Å². The Morgan fingerprint density at radius 3 is 2.68 bits per heavy atom. The van der Waals surface area contributed by atoms with Crippen LogP contribution in [0.4, 0.5) is 19.0 Å². The number of hydrogen-bond acceptors (Lipinski definition) is 3. The normalized spacial score (nSPS) is 18.2. The maximum Gasteiger partial charge on any atom is 0.412 e. The molecular weight excluding hydrogens is 255 g/mol. The Morgan fingerprint density at radius 1 is 1.42 bits per heavy atom. The monoisotopic (exact) mass is 271 g/mol. The van der Waals surface area contributed by atoms with E-state index < -0.39 is 11.7 Å². The highest BCUT2D eigenvalue weighted by atomic mass is 19.4. The number of hydrogen-bond donors (Lipinski definition) is 1. The van der Waals surface area contributed by atoms with Gasteiger partial charge in [0.1, 0.15) is 5.82 Å². The topological polar surface area (TPSA) is 42.1 Å². The van der Waals surface area contributed by atoms with Gasteiger partial charge in [0.2, 0.25) is 0 Å². The van der Waals surface area contributed by atoms with Crippen molar-refractivity contribution in [2.24, 2.45) is 5.73 Å². The third-order valence-electron chi connectivity index (χ3n) is 3.18. The summed E-state index contributed by atoms with van der Waals surface area (Å²) < 4.78 is 37.7. The molecule has 0 aliphatic carbocycles. The van der Waals surface area contributed by atoms with Crippen LogP contribution in [0.2, 0.25) is 0 Å². The number of alkyl halides is 3. The second-order valence-electron chi connectivity index (χ2n) is 4.63. The van der Waals surface area contributed by atoms with Gasteiger partial charge in [0.15, 0.2) is 0 Å². The molecule has 0 saturated heterocycles. The van der Waals surface area contributed by atoms with Crippen LogP contribution in [-0.4, -0.2) is 24.2 Å². The van der Waals surface area contributed by atoms with Crippen molar-refractivity contribution in [3.8, 4) is 0 Å². The van der Waals surface area contributed by atoms with E-state index in [1.54, 1.807) is 12.3 Å². The summed E-state index contributed by atoms with van der Waals surface area (Å²) in [6.07, 6.45) is -1.38. The van der Waals surface area contributed by atoms with Crippen LogP contribution < -0.4 is 10.6 Å². The Hall–Kier alpha value is -1.56. The minimum absolute atomic E-state index is 0.0154. The molecule has 0 saturated carbocycles.